The fraction of sp³-hybridized carbons (Fsp3) is 0.625. The van der Waals surface area contributed by atoms with E-state index < -0.39 is 5.97 Å². The van der Waals surface area contributed by atoms with Gasteiger partial charge >= 0.3 is 11.9 Å². The number of hydrogen-bond acceptors (Lipinski definition) is 12. The lowest BCUT2D eigenvalue weighted by molar-refractivity contribution is -0.144. The molecule has 0 aromatic carbocycles. The third kappa shape index (κ3) is 14.5. The fourth-order valence-electron chi connectivity index (χ4n) is 1.75. The second-order valence-corrected chi connectivity index (χ2v) is 5.14. The first-order valence-corrected chi connectivity index (χ1v) is 8.78. The van der Waals surface area contributed by atoms with Crippen molar-refractivity contribution in [2.75, 3.05) is 53.2 Å². The highest BCUT2D eigenvalue weighted by Crippen LogP contribution is 1.94. The number of ether oxygens (including phenoxy) is 4. The van der Waals surface area contributed by atoms with Gasteiger partial charge in [0.15, 0.2) is 0 Å². The summed E-state index contributed by atoms with van der Waals surface area (Å²) in [6, 6.07) is 0. The van der Waals surface area contributed by atoms with Crippen LogP contribution in [0.1, 0.15) is 13.8 Å². The normalized spacial score (nSPS) is 11.6. The molecule has 0 aliphatic heterocycles. The van der Waals surface area contributed by atoms with E-state index in [1.807, 2.05) is 0 Å². The minimum Gasteiger partial charge on any atom is -0.476 e. The second kappa shape index (κ2) is 16.5. The molecule has 0 bridgehead atoms. The summed E-state index contributed by atoms with van der Waals surface area (Å²) in [6.45, 7) is 4.62. The number of nitrogens with zero attached hydrogens (tertiary/aromatic N) is 1. The Hall–Kier alpha value is -2.70. The van der Waals surface area contributed by atoms with E-state index in [4.69, 9.17) is 30.5 Å². The van der Waals surface area contributed by atoms with E-state index in [-0.39, 0.29) is 51.4 Å². The molecule has 0 aromatic rings. The van der Waals surface area contributed by atoms with Crippen molar-refractivity contribution < 1.29 is 28.5 Å². The fourth-order valence-corrected chi connectivity index (χ4v) is 1.75. The number of nitrogens with one attached hydrogen (secondary N) is 3. The first kappa shape index (κ1) is 25.3. The Morgan fingerprint density at radius 3 is 2.39 bits per heavy atom. The standard InChI is InChI=1S/C16H32N6O6/c1-4-26-15(23)9-20-8-13(21-19-3)12-25-6-7-28-14(17)10-22(18)11-16(24)27-5-2/h8,10,19-21H,4-7,9,11-12,17-18H2,1-3H3/b13-8-,14-10+. The van der Waals surface area contributed by atoms with Crippen molar-refractivity contribution in [2.24, 2.45) is 11.6 Å². The van der Waals surface area contributed by atoms with Crippen LogP contribution in [-0.2, 0) is 28.5 Å². The first-order chi connectivity index (χ1) is 13.4. The predicted octanol–water partition coefficient (Wildman–Crippen LogP) is -1.77. The molecule has 0 radical (unpaired) electrons. The highest BCUT2D eigenvalue weighted by Gasteiger charge is 2.06. The maximum atomic E-state index is 11.3. The molecule has 0 atom stereocenters. The maximum absolute atomic E-state index is 11.3. The summed E-state index contributed by atoms with van der Waals surface area (Å²) < 4.78 is 20.3. The van der Waals surface area contributed by atoms with E-state index in [0.717, 1.165) is 5.01 Å². The number of rotatable bonds is 16. The molecule has 0 amide bonds. The van der Waals surface area contributed by atoms with Crippen LogP contribution in [0.2, 0.25) is 0 Å². The molecule has 0 saturated carbocycles. The van der Waals surface area contributed by atoms with Crippen molar-refractivity contribution in [1.82, 2.24) is 21.2 Å². The molecule has 0 aliphatic carbocycles. The third-order valence-electron chi connectivity index (χ3n) is 2.78. The number of carbonyl (C=O) groups is 2. The Bertz CT molecular complexity index is 514. The quantitative estimate of drug-likeness (QED) is 0.0648. The van der Waals surface area contributed by atoms with Crippen LogP contribution in [0.3, 0.4) is 0 Å². The van der Waals surface area contributed by atoms with Gasteiger partial charge in [-0.1, -0.05) is 0 Å². The van der Waals surface area contributed by atoms with Crippen molar-refractivity contribution in [2.45, 2.75) is 13.8 Å². The zero-order valence-corrected chi connectivity index (χ0v) is 16.7. The Labute approximate surface area is 165 Å². The largest absolute Gasteiger partial charge is 0.476 e. The van der Waals surface area contributed by atoms with Gasteiger partial charge in [-0.05, 0) is 13.8 Å². The van der Waals surface area contributed by atoms with E-state index in [9.17, 15) is 9.59 Å². The van der Waals surface area contributed by atoms with Crippen LogP contribution < -0.4 is 27.7 Å². The Morgan fingerprint density at radius 1 is 1.07 bits per heavy atom. The molecule has 162 valence electrons. The number of hydrazine groups is 2. The highest BCUT2D eigenvalue weighted by atomic mass is 16.5. The van der Waals surface area contributed by atoms with E-state index in [1.165, 1.54) is 6.20 Å². The number of esters is 2. The first-order valence-electron chi connectivity index (χ1n) is 8.78. The zero-order chi connectivity index (χ0) is 21.2. The molecule has 0 saturated heterocycles. The van der Waals surface area contributed by atoms with Gasteiger partial charge in [-0.2, -0.15) is 0 Å². The molecule has 0 fully saturated rings. The zero-order valence-electron chi connectivity index (χ0n) is 16.7. The second-order valence-electron chi connectivity index (χ2n) is 5.14. The molecular formula is C16H32N6O6. The van der Waals surface area contributed by atoms with E-state index >= 15 is 0 Å². The molecule has 0 aromatic heterocycles. The van der Waals surface area contributed by atoms with Gasteiger partial charge in [0.05, 0.1) is 38.3 Å². The van der Waals surface area contributed by atoms with Crippen LogP contribution in [0.25, 0.3) is 0 Å². The summed E-state index contributed by atoms with van der Waals surface area (Å²) in [7, 11) is 1.70. The van der Waals surface area contributed by atoms with Crippen LogP contribution >= 0.6 is 0 Å². The van der Waals surface area contributed by atoms with Gasteiger partial charge < -0.3 is 40.4 Å². The smallest absolute Gasteiger partial charge is 0.327 e. The Morgan fingerprint density at radius 2 is 1.75 bits per heavy atom. The summed E-state index contributed by atoms with van der Waals surface area (Å²) in [6.07, 6.45) is 2.88. The Balaban J connectivity index is 4.10. The molecule has 12 heteroatoms. The molecule has 0 heterocycles. The van der Waals surface area contributed by atoms with Crippen molar-refractivity contribution in [3.8, 4) is 0 Å². The number of nitrogens with two attached hydrogens (primary N) is 2. The lowest BCUT2D eigenvalue weighted by Crippen LogP contribution is -2.33. The minimum absolute atomic E-state index is 0.0376. The summed E-state index contributed by atoms with van der Waals surface area (Å²) in [5.74, 6) is 4.82. The topological polar surface area (TPSA) is 162 Å². The van der Waals surface area contributed by atoms with Crippen molar-refractivity contribution >= 4 is 11.9 Å². The molecule has 0 unspecified atom stereocenters. The number of carbonyl (C=O) groups excluding carboxylic acids is 2. The molecule has 0 rings (SSSR count). The predicted molar refractivity (Wildman–Crippen MR) is 101 cm³/mol. The van der Waals surface area contributed by atoms with Gasteiger partial charge in [0.25, 0.3) is 0 Å². The van der Waals surface area contributed by atoms with Gasteiger partial charge in [0.1, 0.15) is 19.7 Å². The van der Waals surface area contributed by atoms with Gasteiger partial charge in [0, 0.05) is 13.2 Å². The summed E-state index contributed by atoms with van der Waals surface area (Å²) in [5, 5.41) is 3.89. The van der Waals surface area contributed by atoms with Crippen molar-refractivity contribution in [3.63, 3.8) is 0 Å². The van der Waals surface area contributed by atoms with Crippen LogP contribution in [0, 0.1) is 0 Å². The van der Waals surface area contributed by atoms with Crippen molar-refractivity contribution in [1.29, 1.82) is 0 Å². The number of hydrogen-bond donors (Lipinski definition) is 5. The summed E-state index contributed by atoms with van der Waals surface area (Å²) in [5.41, 5.74) is 12.0. The van der Waals surface area contributed by atoms with E-state index in [1.54, 1.807) is 27.1 Å². The van der Waals surface area contributed by atoms with Gasteiger partial charge in [-0.3, -0.25) is 9.59 Å². The van der Waals surface area contributed by atoms with E-state index in [2.05, 4.69) is 16.2 Å². The van der Waals surface area contributed by atoms with Crippen LogP contribution in [0.15, 0.2) is 24.0 Å². The monoisotopic (exact) mass is 404 g/mol. The van der Waals surface area contributed by atoms with Gasteiger partial charge in [-0.15, -0.1) is 0 Å². The summed E-state index contributed by atoms with van der Waals surface area (Å²) >= 11 is 0. The van der Waals surface area contributed by atoms with Crippen molar-refractivity contribution in [3.05, 3.63) is 24.0 Å². The molecule has 0 spiro atoms. The molecule has 7 N–H and O–H groups in total. The summed E-state index contributed by atoms with van der Waals surface area (Å²) in [4.78, 5) is 22.5. The minimum atomic E-state index is -0.467. The van der Waals surface area contributed by atoms with Crippen LogP contribution in [0.5, 0.6) is 0 Å². The van der Waals surface area contributed by atoms with E-state index in [0.29, 0.717) is 12.3 Å². The Kier molecular flexibility index (Phi) is 14.9. The van der Waals surface area contributed by atoms with Crippen LogP contribution in [0.4, 0.5) is 0 Å². The highest BCUT2D eigenvalue weighted by molar-refractivity contribution is 5.72. The average molecular weight is 404 g/mol. The van der Waals surface area contributed by atoms with Gasteiger partial charge in [0.2, 0.25) is 5.88 Å². The SMILES string of the molecule is CCOC(=O)CN/C=C(/COCCO/C(N)=C/N(N)CC(=O)OCC)NNC. The molecule has 28 heavy (non-hydrogen) atoms. The molecule has 0 aliphatic rings. The average Bonchev–Trinajstić information content (AvgIpc) is 2.61. The van der Waals surface area contributed by atoms with Crippen LogP contribution in [-0.4, -0.2) is 70.1 Å². The lowest BCUT2D eigenvalue weighted by Gasteiger charge is -2.14. The molecular weight excluding hydrogens is 372 g/mol. The lowest BCUT2D eigenvalue weighted by atomic mass is 10.5. The molecule has 12 nitrogen and oxygen atoms in total. The maximum Gasteiger partial charge on any atom is 0.327 e. The van der Waals surface area contributed by atoms with Gasteiger partial charge in [-0.25, -0.2) is 11.3 Å². The third-order valence-corrected chi connectivity index (χ3v) is 2.78.